The summed E-state index contributed by atoms with van der Waals surface area (Å²) in [5, 5.41) is 0.241. The van der Waals surface area contributed by atoms with Gasteiger partial charge in [-0.15, -0.1) is 11.6 Å². The van der Waals surface area contributed by atoms with E-state index in [0.717, 1.165) is 6.42 Å². The lowest BCUT2D eigenvalue weighted by atomic mass is 10.2. The third kappa shape index (κ3) is 1.15. The lowest BCUT2D eigenvalue weighted by Gasteiger charge is -2.03. The Morgan fingerprint density at radius 1 is 1.50 bits per heavy atom. The highest BCUT2D eigenvalue weighted by Crippen LogP contribution is 2.23. The van der Waals surface area contributed by atoms with Gasteiger partial charge in [-0.05, 0) is 20.3 Å². The van der Waals surface area contributed by atoms with E-state index >= 15 is 0 Å². The molecule has 48 valence electrons. The molecule has 0 N–H and O–H groups in total. The van der Waals surface area contributed by atoms with E-state index < -0.39 is 0 Å². The Labute approximate surface area is 55.0 Å². The van der Waals surface area contributed by atoms with Crippen molar-refractivity contribution in [2.75, 3.05) is 0 Å². The smallest absolute Gasteiger partial charge is 0.0715 e. The number of halogens is 1. The summed E-state index contributed by atoms with van der Waals surface area (Å²) in [5.74, 6) is 0. The van der Waals surface area contributed by atoms with E-state index in [1.54, 1.807) is 0 Å². The van der Waals surface area contributed by atoms with Gasteiger partial charge in [-0.3, -0.25) is 0 Å². The van der Waals surface area contributed by atoms with E-state index in [1.807, 2.05) is 6.92 Å². The van der Waals surface area contributed by atoms with Crippen LogP contribution in [0.3, 0.4) is 0 Å². The summed E-state index contributed by atoms with van der Waals surface area (Å²) in [6, 6.07) is 0. The molecule has 0 aromatic carbocycles. The lowest BCUT2D eigenvalue weighted by Crippen LogP contribution is -2.09. The molecule has 0 amide bonds. The second-order valence-electron chi connectivity index (χ2n) is 2.40. The number of hydrogen-bond donors (Lipinski definition) is 0. The fourth-order valence-corrected chi connectivity index (χ4v) is 1.33. The molecular weight excluding hydrogens is 124 g/mol. The normalized spacial score (nSPS) is 47.6. The quantitative estimate of drug-likeness (QED) is 0.459. The zero-order chi connectivity index (χ0) is 6.15. The van der Waals surface area contributed by atoms with Crippen LogP contribution >= 0.6 is 11.6 Å². The molecule has 1 heterocycles. The van der Waals surface area contributed by atoms with Gasteiger partial charge < -0.3 is 4.74 Å². The Bertz CT molecular complexity index is 74.6. The highest BCUT2D eigenvalue weighted by molar-refractivity contribution is 6.21. The third-order valence-corrected chi connectivity index (χ3v) is 2.05. The number of ether oxygens (including phenoxy) is 1. The molecule has 0 radical (unpaired) electrons. The summed E-state index contributed by atoms with van der Waals surface area (Å²) in [5.41, 5.74) is 0. The van der Waals surface area contributed by atoms with Crippen molar-refractivity contribution in [3.63, 3.8) is 0 Å². The van der Waals surface area contributed by atoms with Gasteiger partial charge in [0.1, 0.15) is 0 Å². The molecule has 1 aliphatic heterocycles. The van der Waals surface area contributed by atoms with Crippen molar-refractivity contribution in [1.29, 1.82) is 0 Å². The van der Waals surface area contributed by atoms with Crippen LogP contribution in [0.15, 0.2) is 0 Å². The highest BCUT2D eigenvalue weighted by atomic mass is 35.5. The molecule has 1 aliphatic rings. The molecule has 3 unspecified atom stereocenters. The van der Waals surface area contributed by atoms with Gasteiger partial charge in [0, 0.05) is 0 Å². The molecule has 0 aliphatic carbocycles. The first kappa shape index (κ1) is 6.37. The minimum absolute atomic E-state index is 0.241. The first-order chi connectivity index (χ1) is 3.70. The Balaban J connectivity index is 2.39. The van der Waals surface area contributed by atoms with E-state index in [0.29, 0.717) is 6.10 Å². The summed E-state index contributed by atoms with van der Waals surface area (Å²) < 4.78 is 5.34. The summed E-state index contributed by atoms with van der Waals surface area (Å²) in [4.78, 5) is 0. The van der Waals surface area contributed by atoms with E-state index in [4.69, 9.17) is 16.3 Å². The molecule has 0 aromatic rings. The van der Waals surface area contributed by atoms with Crippen molar-refractivity contribution in [3.8, 4) is 0 Å². The van der Waals surface area contributed by atoms with E-state index in [-0.39, 0.29) is 11.5 Å². The molecule has 3 atom stereocenters. The second kappa shape index (κ2) is 2.24. The molecule has 0 spiro atoms. The SMILES string of the molecule is CC1CC(Cl)C(C)O1. The van der Waals surface area contributed by atoms with Crippen molar-refractivity contribution in [2.24, 2.45) is 0 Å². The van der Waals surface area contributed by atoms with E-state index in [9.17, 15) is 0 Å². The van der Waals surface area contributed by atoms with Gasteiger partial charge in [0.15, 0.2) is 0 Å². The van der Waals surface area contributed by atoms with Crippen molar-refractivity contribution in [1.82, 2.24) is 0 Å². The third-order valence-electron chi connectivity index (χ3n) is 1.51. The topological polar surface area (TPSA) is 9.23 Å². The van der Waals surface area contributed by atoms with Gasteiger partial charge in [-0.25, -0.2) is 0 Å². The van der Waals surface area contributed by atoms with Gasteiger partial charge in [-0.2, -0.15) is 0 Å². The number of hydrogen-bond acceptors (Lipinski definition) is 1. The van der Waals surface area contributed by atoms with Crippen LogP contribution in [0.25, 0.3) is 0 Å². The zero-order valence-corrected chi connectivity index (χ0v) is 5.98. The van der Waals surface area contributed by atoms with Crippen molar-refractivity contribution in [3.05, 3.63) is 0 Å². The Hall–Kier alpha value is 0.250. The maximum atomic E-state index is 5.83. The van der Waals surface area contributed by atoms with Crippen LogP contribution in [0, 0.1) is 0 Å². The maximum absolute atomic E-state index is 5.83. The van der Waals surface area contributed by atoms with E-state index in [2.05, 4.69) is 6.92 Å². The molecule has 1 saturated heterocycles. The predicted octanol–water partition coefficient (Wildman–Crippen LogP) is 1.79. The molecule has 0 bridgehead atoms. The average Bonchev–Trinajstić information content (AvgIpc) is 1.85. The van der Waals surface area contributed by atoms with Crippen LogP contribution in [-0.4, -0.2) is 17.6 Å². The minimum atomic E-state index is 0.241. The maximum Gasteiger partial charge on any atom is 0.0715 e. The number of rotatable bonds is 0. The standard InChI is InChI=1S/C6H11ClO/c1-4-3-6(7)5(2)8-4/h4-6H,3H2,1-2H3. The van der Waals surface area contributed by atoms with Crippen LogP contribution < -0.4 is 0 Å². The molecule has 0 saturated carbocycles. The van der Waals surface area contributed by atoms with Crippen LogP contribution in [0.1, 0.15) is 20.3 Å². The summed E-state index contributed by atoms with van der Waals surface area (Å²) in [6.07, 6.45) is 1.63. The minimum Gasteiger partial charge on any atom is -0.374 e. The first-order valence-electron chi connectivity index (χ1n) is 2.99. The Morgan fingerprint density at radius 2 is 2.12 bits per heavy atom. The summed E-state index contributed by atoms with van der Waals surface area (Å²) >= 11 is 5.83. The van der Waals surface area contributed by atoms with Gasteiger partial charge >= 0.3 is 0 Å². The Morgan fingerprint density at radius 3 is 2.25 bits per heavy atom. The fourth-order valence-electron chi connectivity index (χ4n) is 1.02. The van der Waals surface area contributed by atoms with Gasteiger partial charge in [0.25, 0.3) is 0 Å². The molecular formula is C6H11ClO. The molecule has 0 aromatic heterocycles. The highest BCUT2D eigenvalue weighted by Gasteiger charge is 2.26. The first-order valence-corrected chi connectivity index (χ1v) is 3.43. The molecule has 1 rings (SSSR count). The monoisotopic (exact) mass is 134 g/mol. The molecule has 1 nitrogen and oxygen atoms in total. The van der Waals surface area contributed by atoms with Crippen LogP contribution in [0.5, 0.6) is 0 Å². The van der Waals surface area contributed by atoms with Crippen molar-refractivity contribution >= 4 is 11.6 Å². The lowest BCUT2D eigenvalue weighted by molar-refractivity contribution is 0.0679. The van der Waals surface area contributed by atoms with Crippen LogP contribution in [0.2, 0.25) is 0 Å². The van der Waals surface area contributed by atoms with Gasteiger partial charge in [-0.1, -0.05) is 0 Å². The van der Waals surface area contributed by atoms with Crippen molar-refractivity contribution < 1.29 is 4.74 Å². The average molecular weight is 135 g/mol. The molecule has 1 fully saturated rings. The predicted molar refractivity (Wildman–Crippen MR) is 34.3 cm³/mol. The van der Waals surface area contributed by atoms with E-state index in [1.165, 1.54) is 0 Å². The second-order valence-corrected chi connectivity index (χ2v) is 2.96. The van der Waals surface area contributed by atoms with Gasteiger partial charge in [0.2, 0.25) is 0 Å². The van der Waals surface area contributed by atoms with Crippen molar-refractivity contribution in [2.45, 2.75) is 37.9 Å². The molecule has 8 heavy (non-hydrogen) atoms. The fraction of sp³-hybridized carbons (Fsp3) is 1.00. The largest absolute Gasteiger partial charge is 0.374 e. The Kier molecular flexibility index (Phi) is 1.78. The van der Waals surface area contributed by atoms with Crippen LogP contribution in [-0.2, 0) is 4.74 Å². The summed E-state index contributed by atoms with van der Waals surface area (Å²) in [7, 11) is 0. The zero-order valence-electron chi connectivity index (χ0n) is 5.23. The number of alkyl halides is 1. The molecule has 2 heteroatoms. The van der Waals surface area contributed by atoms with Gasteiger partial charge in [0.05, 0.1) is 17.6 Å². The van der Waals surface area contributed by atoms with Crippen LogP contribution in [0.4, 0.5) is 0 Å². The summed E-state index contributed by atoms with van der Waals surface area (Å²) in [6.45, 7) is 4.07.